The fraction of sp³-hybridized carbons (Fsp3) is 0.133. The Hall–Kier alpha value is -2.45. The molecule has 0 spiro atoms. The van der Waals surface area contributed by atoms with Gasteiger partial charge in [-0.15, -0.1) is 0 Å². The molecular weight excluding hydrogens is 358 g/mol. The van der Waals surface area contributed by atoms with Crippen LogP contribution in [-0.2, 0) is 10.0 Å². The van der Waals surface area contributed by atoms with Gasteiger partial charge >= 0.3 is 6.09 Å². The third kappa shape index (κ3) is 3.24. The number of carboxylic acid groups (broad SMARTS) is 1. The summed E-state index contributed by atoms with van der Waals surface area (Å²) in [6.07, 6.45) is -1.70. The van der Waals surface area contributed by atoms with Gasteiger partial charge in [-0.3, -0.25) is 0 Å². The summed E-state index contributed by atoms with van der Waals surface area (Å²) in [5, 5.41) is 9.85. The van der Waals surface area contributed by atoms with Crippen molar-refractivity contribution in [2.75, 3.05) is 18.5 Å². The summed E-state index contributed by atoms with van der Waals surface area (Å²) in [4.78, 5) is 11.5. The molecule has 0 unspecified atom stereocenters. The first kappa shape index (κ1) is 17.9. The third-order valence-corrected chi connectivity index (χ3v) is 5.07. The molecule has 0 aliphatic carbocycles. The molecule has 24 heavy (non-hydrogen) atoms. The summed E-state index contributed by atoms with van der Waals surface area (Å²) >= 11 is 5.75. The molecule has 0 bridgehead atoms. The number of ether oxygens (including phenoxy) is 2. The van der Waals surface area contributed by atoms with Gasteiger partial charge in [0.25, 0.3) is 10.0 Å². The van der Waals surface area contributed by atoms with Crippen LogP contribution < -0.4 is 13.8 Å². The van der Waals surface area contributed by atoms with E-state index in [1.807, 2.05) is 0 Å². The van der Waals surface area contributed by atoms with E-state index < -0.39 is 16.1 Å². The number of para-hydroxylation sites is 1. The molecule has 2 aromatic rings. The van der Waals surface area contributed by atoms with Crippen LogP contribution in [0.2, 0.25) is 5.02 Å². The van der Waals surface area contributed by atoms with Gasteiger partial charge in [0.1, 0.15) is 17.2 Å². The van der Waals surface area contributed by atoms with Crippen LogP contribution in [-0.4, -0.2) is 33.8 Å². The summed E-state index contributed by atoms with van der Waals surface area (Å²) in [5.41, 5.74) is -0.232. The first-order chi connectivity index (χ1) is 11.3. The topological polar surface area (TPSA) is 93.1 Å². The van der Waals surface area contributed by atoms with E-state index in [-0.39, 0.29) is 26.4 Å². The minimum Gasteiger partial charge on any atom is -0.494 e. The average molecular weight is 372 g/mol. The number of anilines is 1. The van der Waals surface area contributed by atoms with Crippen LogP contribution in [0, 0.1) is 0 Å². The molecular formula is C15H14ClNO6S. The molecule has 0 saturated carbocycles. The summed E-state index contributed by atoms with van der Waals surface area (Å²) in [7, 11) is -1.82. The number of amides is 1. The van der Waals surface area contributed by atoms with Gasteiger partial charge in [-0.2, -0.15) is 4.31 Å². The number of nitrogens with zero attached hydrogens (tertiary/aromatic N) is 1. The quantitative estimate of drug-likeness (QED) is 0.867. The molecule has 0 fully saturated rings. The molecule has 128 valence electrons. The highest BCUT2D eigenvalue weighted by molar-refractivity contribution is 7.93. The number of hydrogen-bond donors (Lipinski definition) is 1. The van der Waals surface area contributed by atoms with Gasteiger partial charge in [-0.1, -0.05) is 17.7 Å². The van der Waals surface area contributed by atoms with Gasteiger partial charge in [-0.25, -0.2) is 13.2 Å². The van der Waals surface area contributed by atoms with Crippen LogP contribution in [0.25, 0.3) is 0 Å². The maximum Gasteiger partial charge on any atom is 0.426 e. The van der Waals surface area contributed by atoms with Gasteiger partial charge in [0.05, 0.1) is 19.1 Å². The van der Waals surface area contributed by atoms with Crippen molar-refractivity contribution in [2.45, 2.75) is 4.90 Å². The minimum absolute atomic E-state index is 0.0364. The normalized spacial score (nSPS) is 11.0. The lowest BCUT2D eigenvalue weighted by Gasteiger charge is -2.23. The second kappa shape index (κ2) is 6.98. The summed E-state index contributed by atoms with van der Waals surface area (Å²) < 4.78 is 36.0. The number of benzene rings is 2. The first-order valence-corrected chi connectivity index (χ1v) is 8.39. The van der Waals surface area contributed by atoms with E-state index in [0.717, 1.165) is 0 Å². The van der Waals surface area contributed by atoms with Gasteiger partial charge < -0.3 is 14.6 Å². The Morgan fingerprint density at radius 3 is 1.96 bits per heavy atom. The van der Waals surface area contributed by atoms with Gasteiger partial charge in [0.15, 0.2) is 0 Å². The fourth-order valence-electron chi connectivity index (χ4n) is 2.06. The highest BCUT2D eigenvalue weighted by atomic mass is 35.5. The van der Waals surface area contributed by atoms with Crippen molar-refractivity contribution in [1.82, 2.24) is 0 Å². The van der Waals surface area contributed by atoms with Crippen molar-refractivity contribution in [3.05, 3.63) is 47.5 Å². The summed E-state index contributed by atoms with van der Waals surface area (Å²) in [5.74, 6) is 0.0728. The van der Waals surface area contributed by atoms with Gasteiger partial charge in [-0.05, 0) is 36.4 Å². The van der Waals surface area contributed by atoms with E-state index in [9.17, 15) is 18.3 Å². The largest absolute Gasteiger partial charge is 0.494 e. The van der Waals surface area contributed by atoms with E-state index in [4.69, 9.17) is 21.1 Å². The molecule has 9 heteroatoms. The van der Waals surface area contributed by atoms with Crippen LogP contribution in [0.15, 0.2) is 47.4 Å². The van der Waals surface area contributed by atoms with E-state index >= 15 is 0 Å². The van der Waals surface area contributed by atoms with Crippen LogP contribution in [0.3, 0.4) is 0 Å². The second-order valence-corrected chi connectivity index (χ2v) is 6.74. The number of methoxy groups -OCH3 is 2. The number of hydrogen-bond acceptors (Lipinski definition) is 5. The lowest BCUT2D eigenvalue weighted by atomic mass is 10.2. The maximum absolute atomic E-state index is 12.8. The predicted octanol–water partition coefficient (Wildman–Crippen LogP) is 3.23. The Morgan fingerprint density at radius 2 is 1.54 bits per heavy atom. The fourth-order valence-corrected chi connectivity index (χ4v) is 3.51. The van der Waals surface area contributed by atoms with Crippen molar-refractivity contribution in [3.63, 3.8) is 0 Å². The highest BCUT2D eigenvalue weighted by Crippen LogP contribution is 2.40. The molecule has 0 atom stereocenters. The lowest BCUT2D eigenvalue weighted by molar-refractivity contribution is 0.205. The van der Waals surface area contributed by atoms with Gasteiger partial charge in [0.2, 0.25) is 0 Å². The van der Waals surface area contributed by atoms with Crippen LogP contribution in [0.4, 0.5) is 10.5 Å². The van der Waals surface area contributed by atoms with E-state index in [2.05, 4.69) is 0 Å². The molecule has 0 aliphatic heterocycles. The van der Waals surface area contributed by atoms with E-state index in [1.165, 1.54) is 50.6 Å². The predicted molar refractivity (Wildman–Crippen MR) is 88.7 cm³/mol. The molecule has 0 radical (unpaired) electrons. The Kier molecular flexibility index (Phi) is 5.20. The van der Waals surface area contributed by atoms with Crippen molar-refractivity contribution in [3.8, 4) is 11.5 Å². The SMILES string of the molecule is COc1cccc(OC)c1N(C(=O)O)S(=O)(=O)c1ccc(Cl)cc1. The average Bonchev–Trinajstić information content (AvgIpc) is 2.55. The minimum atomic E-state index is -4.42. The maximum atomic E-state index is 12.8. The molecule has 1 N–H and O–H groups in total. The monoisotopic (exact) mass is 371 g/mol. The molecule has 7 nitrogen and oxygen atoms in total. The molecule has 2 aromatic carbocycles. The number of rotatable bonds is 5. The Morgan fingerprint density at radius 1 is 1.04 bits per heavy atom. The zero-order chi connectivity index (χ0) is 17.9. The van der Waals surface area contributed by atoms with Crippen molar-refractivity contribution in [2.24, 2.45) is 0 Å². The lowest BCUT2D eigenvalue weighted by Crippen LogP contribution is -2.36. The van der Waals surface area contributed by atoms with Gasteiger partial charge in [0, 0.05) is 5.02 Å². The molecule has 0 aliphatic rings. The van der Waals surface area contributed by atoms with Crippen molar-refractivity contribution >= 4 is 33.4 Å². The highest BCUT2D eigenvalue weighted by Gasteiger charge is 2.35. The standard InChI is InChI=1S/C15H14ClNO6S/c1-22-12-4-3-5-13(23-2)14(12)17(15(18)19)24(20,21)11-8-6-10(16)7-9-11/h3-9H,1-2H3,(H,18,19). The Labute approximate surface area is 144 Å². The number of carbonyl (C=O) groups is 1. The molecule has 1 amide bonds. The van der Waals surface area contributed by atoms with E-state index in [0.29, 0.717) is 5.02 Å². The summed E-state index contributed by atoms with van der Waals surface area (Å²) in [6, 6.07) is 9.57. The van der Waals surface area contributed by atoms with Crippen LogP contribution >= 0.6 is 11.6 Å². The Balaban J connectivity index is 2.71. The van der Waals surface area contributed by atoms with E-state index in [1.54, 1.807) is 6.07 Å². The number of halogens is 1. The van der Waals surface area contributed by atoms with Crippen molar-refractivity contribution in [1.29, 1.82) is 0 Å². The van der Waals surface area contributed by atoms with Crippen LogP contribution in [0.1, 0.15) is 0 Å². The molecule has 0 saturated heterocycles. The van der Waals surface area contributed by atoms with Crippen molar-refractivity contribution < 1.29 is 27.8 Å². The summed E-state index contributed by atoms with van der Waals surface area (Å²) in [6.45, 7) is 0. The zero-order valence-electron chi connectivity index (χ0n) is 12.8. The molecule has 0 heterocycles. The molecule has 0 aromatic heterocycles. The second-order valence-electron chi connectivity index (χ2n) is 4.52. The zero-order valence-corrected chi connectivity index (χ0v) is 14.3. The van der Waals surface area contributed by atoms with Crippen LogP contribution in [0.5, 0.6) is 11.5 Å². The first-order valence-electron chi connectivity index (χ1n) is 6.57. The smallest absolute Gasteiger partial charge is 0.426 e. The third-order valence-electron chi connectivity index (χ3n) is 3.13. The number of sulfonamides is 1. The molecule has 2 rings (SSSR count). The Bertz CT molecular complexity index is 829.